The Kier molecular flexibility index (Phi) is 10.4. The molecular formula is C15H32N2O4. The van der Waals surface area contributed by atoms with Crippen molar-refractivity contribution >= 4 is 6.09 Å². The van der Waals surface area contributed by atoms with Gasteiger partial charge in [0.05, 0.1) is 13.2 Å². The summed E-state index contributed by atoms with van der Waals surface area (Å²) in [5.74, 6) is 0. The molecule has 2 unspecified atom stereocenters. The van der Waals surface area contributed by atoms with Crippen molar-refractivity contribution in [1.29, 1.82) is 0 Å². The van der Waals surface area contributed by atoms with E-state index in [4.69, 9.17) is 14.2 Å². The molecule has 0 aliphatic heterocycles. The van der Waals surface area contributed by atoms with Gasteiger partial charge in [0, 0.05) is 32.8 Å². The molecule has 21 heavy (non-hydrogen) atoms. The molecule has 0 aliphatic carbocycles. The summed E-state index contributed by atoms with van der Waals surface area (Å²) in [6.07, 6.45) is 1.41. The smallest absolute Gasteiger partial charge is 0.407 e. The van der Waals surface area contributed by atoms with Crippen molar-refractivity contribution in [1.82, 2.24) is 10.6 Å². The number of hydrogen-bond donors (Lipinski definition) is 2. The summed E-state index contributed by atoms with van der Waals surface area (Å²) in [5.41, 5.74) is -0.459. The van der Waals surface area contributed by atoms with Crippen molar-refractivity contribution in [2.75, 3.05) is 34.0 Å². The van der Waals surface area contributed by atoms with E-state index < -0.39 is 5.60 Å². The van der Waals surface area contributed by atoms with E-state index in [0.717, 1.165) is 12.8 Å². The first-order chi connectivity index (χ1) is 9.78. The molecule has 6 nitrogen and oxygen atoms in total. The summed E-state index contributed by atoms with van der Waals surface area (Å²) in [4.78, 5) is 11.5. The monoisotopic (exact) mass is 304 g/mol. The summed E-state index contributed by atoms with van der Waals surface area (Å²) in [7, 11) is 3.38. The van der Waals surface area contributed by atoms with Gasteiger partial charge in [-0.05, 0) is 40.5 Å². The predicted molar refractivity (Wildman–Crippen MR) is 83.6 cm³/mol. The molecule has 6 heteroatoms. The summed E-state index contributed by atoms with van der Waals surface area (Å²) in [6.45, 7) is 9.52. The Morgan fingerprint density at radius 2 is 1.76 bits per heavy atom. The molecule has 1 amide bonds. The van der Waals surface area contributed by atoms with Crippen molar-refractivity contribution in [2.45, 2.75) is 58.2 Å². The summed E-state index contributed by atoms with van der Waals surface area (Å²) in [6, 6.07) is 0.523. The maximum atomic E-state index is 11.5. The number of ether oxygens (including phenoxy) is 3. The lowest BCUT2D eigenvalue weighted by Gasteiger charge is -2.23. The molecule has 2 atom stereocenters. The Hall–Kier alpha value is -0.850. The number of carbonyl (C=O) groups is 1. The number of amides is 1. The SMILES string of the molecule is COCC(C)NC(CCCNC(=O)OC(C)(C)C)COC. The maximum Gasteiger partial charge on any atom is 0.407 e. The van der Waals surface area contributed by atoms with Crippen LogP contribution >= 0.6 is 0 Å². The van der Waals surface area contributed by atoms with Crippen LogP contribution in [0.15, 0.2) is 0 Å². The topological polar surface area (TPSA) is 68.8 Å². The molecule has 0 heterocycles. The van der Waals surface area contributed by atoms with E-state index in [2.05, 4.69) is 17.6 Å². The fourth-order valence-corrected chi connectivity index (χ4v) is 1.97. The zero-order valence-electron chi connectivity index (χ0n) is 14.3. The number of hydrogen-bond acceptors (Lipinski definition) is 5. The number of alkyl carbamates (subject to hydrolysis) is 1. The van der Waals surface area contributed by atoms with Crippen LogP contribution in [0.4, 0.5) is 4.79 Å². The fourth-order valence-electron chi connectivity index (χ4n) is 1.97. The second-order valence-corrected chi connectivity index (χ2v) is 6.25. The normalized spacial score (nSPS) is 14.6. The zero-order chi connectivity index (χ0) is 16.3. The molecule has 0 aromatic carbocycles. The van der Waals surface area contributed by atoms with E-state index in [1.807, 2.05) is 20.8 Å². The van der Waals surface area contributed by atoms with Gasteiger partial charge in [0.2, 0.25) is 0 Å². The number of methoxy groups -OCH3 is 2. The first kappa shape index (κ1) is 20.1. The third kappa shape index (κ3) is 12.6. The lowest BCUT2D eigenvalue weighted by atomic mass is 10.1. The van der Waals surface area contributed by atoms with Crippen LogP contribution < -0.4 is 10.6 Å². The molecule has 0 bridgehead atoms. The predicted octanol–water partition coefficient (Wildman–Crippen LogP) is 1.93. The summed E-state index contributed by atoms with van der Waals surface area (Å²) >= 11 is 0. The molecule has 2 N–H and O–H groups in total. The van der Waals surface area contributed by atoms with Crippen LogP contribution in [-0.2, 0) is 14.2 Å². The van der Waals surface area contributed by atoms with Gasteiger partial charge in [-0.25, -0.2) is 4.79 Å². The van der Waals surface area contributed by atoms with Gasteiger partial charge in [-0.15, -0.1) is 0 Å². The molecule has 0 aliphatic rings. The second kappa shape index (κ2) is 10.8. The molecule has 0 aromatic heterocycles. The molecule has 0 spiro atoms. The molecule has 0 rings (SSSR count). The first-order valence-corrected chi connectivity index (χ1v) is 7.49. The Bertz CT molecular complexity index is 279. The molecule has 126 valence electrons. The third-order valence-electron chi connectivity index (χ3n) is 2.70. The highest BCUT2D eigenvalue weighted by molar-refractivity contribution is 5.67. The van der Waals surface area contributed by atoms with Crippen molar-refractivity contribution in [3.8, 4) is 0 Å². The minimum absolute atomic E-state index is 0.251. The second-order valence-electron chi connectivity index (χ2n) is 6.25. The average Bonchev–Trinajstić information content (AvgIpc) is 2.32. The fraction of sp³-hybridized carbons (Fsp3) is 0.933. The molecular weight excluding hydrogens is 272 g/mol. The highest BCUT2D eigenvalue weighted by atomic mass is 16.6. The number of nitrogens with one attached hydrogen (secondary N) is 2. The van der Waals surface area contributed by atoms with Crippen LogP contribution in [0.5, 0.6) is 0 Å². The van der Waals surface area contributed by atoms with Gasteiger partial charge in [-0.1, -0.05) is 0 Å². The Labute approximate surface area is 128 Å². The van der Waals surface area contributed by atoms with E-state index in [-0.39, 0.29) is 18.2 Å². The van der Waals surface area contributed by atoms with Gasteiger partial charge in [-0.3, -0.25) is 0 Å². The minimum Gasteiger partial charge on any atom is -0.444 e. The molecule has 0 aromatic rings. The Balaban J connectivity index is 3.90. The van der Waals surface area contributed by atoms with Gasteiger partial charge in [0.25, 0.3) is 0 Å². The zero-order valence-corrected chi connectivity index (χ0v) is 14.3. The van der Waals surface area contributed by atoms with Crippen molar-refractivity contribution < 1.29 is 19.0 Å². The van der Waals surface area contributed by atoms with Gasteiger partial charge in [0.1, 0.15) is 5.60 Å². The van der Waals surface area contributed by atoms with Gasteiger partial charge in [-0.2, -0.15) is 0 Å². The van der Waals surface area contributed by atoms with Crippen LogP contribution in [0, 0.1) is 0 Å². The largest absolute Gasteiger partial charge is 0.444 e. The maximum absolute atomic E-state index is 11.5. The average molecular weight is 304 g/mol. The highest BCUT2D eigenvalue weighted by Crippen LogP contribution is 2.06. The van der Waals surface area contributed by atoms with Gasteiger partial charge in [0.15, 0.2) is 0 Å². The quantitative estimate of drug-likeness (QED) is 0.604. The third-order valence-corrected chi connectivity index (χ3v) is 2.70. The van der Waals surface area contributed by atoms with E-state index in [9.17, 15) is 4.79 Å². The Morgan fingerprint density at radius 3 is 2.29 bits per heavy atom. The lowest BCUT2D eigenvalue weighted by molar-refractivity contribution is 0.0525. The molecule has 0 saturated carbocycles. The standard InChI is InChI=1S/C15H32N2O4/c1-12(10-19-5)17-13(11-20-6)8-7-9-16-14(18)21-15(2,3)4/h12-13,17H,7-11H2,1-6H3,(H,16,18). The van der Waals surface area contributed by atoms with E-state index in [1.165, 1.54) is 0 Å². The lowest BCUT2D eigenvalue weighted by Crippen LogP contribution is -2.42. The molecule has 0 radical (unpaired) electrons. The summed E-state index contributed by atoms with van der Waals surface area (Å²) < 4.78 is 15.5. The van der Waals surface area contributed by atoms with Crippen molar-refractivity contribution in [2.24, 2.45) is 0 Å². The van der Waals surface area contributed by atoms with E-state index >= 15 is 0 Å². The minimum atomic E-state index is -0.459. The van der Waals surface area contributed by atoms with Crippen LogP contribution in [-0.4, -0.2) is 57.8 Å². The first-order valence-electron chi connectivity index (χ1n) is 7.49. The van der Waals surface area contributed by atoms with Crippen LogP contribution in [0.25, 0.3) is 0 Å². The number of rotatable bonds is 10. The Morgan fingerprint density at radius 1 is 1.14 bits per heavy atom. The molecule has 0 fully saturated rings. The van der Waals surface area contributed by atoms with E-state index in [0.29, 0.717) is 19.8 Å². The van der Waals surface area contributed by atoms with Crippen LogP contribution in [0.3, 0.4) is 0 Å². The number of carbonyl (C=O) groups excluding carboxylic acids is 1. The van der Waals surface area contributed by atoms with Crippen molar-refractivity contribution in [3.63, 3.8) is 0 Å². The van der Waals surface area contributed by atoms with Crippen molar-refractivity contribution in [3.05, 3.63) is 0 Å². The molecule has 0 saturated heterocycles. The van der Waals surface area contributed by atoms with Crippen LogP contribution in [0.2, 0.25) is 0 Å². The highest BCUT2D eigenvalue weighted by Gasteiger charge is 2.16. The summed E-state index contributed by atoms with van der Waals surface area (Å²) in [5, 5.41) is 6.21. The van der Waals surface area contributed by atoms with Gasteiger partial charge >= 0.3 is 6.09 Å². The van der Waals surface area contributed by atoms with Gasteiger partial charge < -0.3 is 24.8 Å². The van der Waals surface area contributed by atoms with E-state index in [1.54, 1.807) is 14.2 Å². The van der Waals surface area contributed by atoms with Crippen LogP contribution in [0.1, 0.15) is 40.5 Å².